The highest BCUT2D eigenvalue weighted by molar-refractivity contribution is 14.1. The van der Waals surface area contributed by atoms with E-state index in [-0.39, 0.29) is 24.1 Å². The molecule has 0 radical (unpaired) electrons. The van der Waals surface area contributed by atoms with E-state index in [1.807, 2.05) is 34.9 Å². The standard InChI is InChI=1S/C12H9BrFNO2S.C12H10FNO3S.C9H7FINO2S.C8H5FIN.C8H6FN/c1-18(16,17)15-8-9(3-2-6-13)11-7-10(14)4-5-12(11)15;1-18(16,17)14-8-9(3-2-6-15)11-7-10(13)4-5-12(11)14;1-15(13,14)12-5-8(11)7-4-6(10)2-3-9(7)12;9-5-1-2-8-6(3-5)7(10)4-11-8;9-7-1-2-8-6(5-7)3-4-10-8/h4-5,7-8H,6H2,1H3;4-5,7-8,15H,6H2,1H3;2-5H,1H3;1-4,11H;1-5,10H. The minimum absolute atomic E-state index is 0.185. The summed E-state index contributed by atoms with van der Waals surface area (Å²) in [5.41, 5.74) is 4.11. The van der Waals surface area contributed by atoms with Crippen molar-refractivity contribution in [2.45, 2.75) is 0 Å². The summed E-state index contributed by atoms with van der Waals surface area (Å²) in [6.45, 7) is -0.346. The number of rotatable bonds is 3. The van der Waals surface area contributed by atoms with E-state index in [0.29, 0.717) is 52.7 Å². The summed E-state index contributed by atoms with van der Waals surface area (Å²) >= 11 is 7.31. The molecule has 5 aromatic carbocycles. The molecule has 0 saturated heterocycles. The highest BCUT2D eigenvalue weighted by Crippen LogP contribution is 2.27. The van der Waals surface area contributed by atoms with Crippen molar-refractivity contribution in [3.8, 4) is 23.7 Å². The second kappa shape index (κ2) is 23.5. The summed E-state index contributed by atoms with van der Waals surface area (Å²) in [5.74, 6) is 8.97. The minimum Gasteiger partial charge on any atom is -0.384 e. The van der Waals surface area contributed by atoms with Crippen molar-refractivity contribution in [2.75, 3.05) is 30.7 Å². The first-order valence-corrected chi connectivity index (χ1v) is 29.2. The molecule has 0 atom stereocenters. The third kappa shape index (κ3) is 13.9. The predicted octanol–water partition coefficient (Wildman–Crippen LogP) is 10.7. The molecule has 5 heterocycles. The fourth-order valence-electron chi connectivity index (χ4n) is 6.85. The lowest BCUT2D eigenvalue weighted by molar-refractivity contribution is 0.350. The Morgan fingerprint density at radius 2 is 0.944 bits per heavy atom. The lowest BCUT2D eigenvalue weighted by atomic mass is 10.2. The van der Waals surface area contributed by atoms with E-state index in [9.17, 15) is 47.2 Å². The highest BCUT2D eigenvalue weighted by Gasteiger charge is 2.17. The van der Waals surface area contributed by atoms with Crippen molar-refractivity contribution >= 4 is 146 Å². The Morgan fingerprint density at radius 1 is 0.528 bits per heavy atom. The summed E-state index contributed by atoms with van der Waals surface area (Å²) in [6.07, 6.45) is 11.1. The van der Waals surface area contributed by atoms with Crippen molar-refractivity contribution in [3.63, 3.8) is 0 Å². The van der Waals surface area contributed by atoms with Gasteiger partial charge in [-0.25, -0.2) is 59.1 Å². The maximum Gasteiger partial charge on any atom is 0.236 e. The van der Waals surface area contributed by atoms with Crippen molar-refractivity contribution < 1.29 is 52.3 Å². The summed E-state index contributed by atoms with van der Waals surface area (Å²) < 4.78 is 139. The maximum atomic E-state index is 13.2. The molecule has 0 amide bonds. The third-order valence-electron chi connectivity index (χ3n) is 9.92. The van der Waals surface area contributed by atoms with Gasteiger partial charge >= 0.3 is 0 Å². The van der Waals surface area contributed by atoms with Crippen LogP contribution in [0.3, 0.4) is 0 Å². The Morgan fingerprint density at radius 3 is 1.43 bits per heavy atom. The van der Waals surface area contributed by atoms with Gasteiger partial charge in [-0.15, -0.1) is 0 Å². The van der Waals surface area contributed by atoms with Crippen molar-refractivity contribution in [2.24, 2.45) is 0 Å². The van der Waals surface area contributed by atoms with Gasteiger partial charge in [0.1, 0.15) is 35.7 Å². The van der Waals surface area contributed by atoms with E-state index < -0.39 is 41.7 Å². The Labute approximate surface area is 445 Å². The first-order chi connectivity index (χ1) is 33.9. The van der Waals surface area contributed by atoms with Gasteiger partial charge in [-0.1, -0.05) is 39.6 Å². The molecule has 5 aromatic heterocycles. The number of aromatic amines is 2. The van der Waals surface area contributed by atoms with Crippen LogP contribution in [-0.2, 0) is 30.1 Å². The van der Waals surface area contributed by atoms with E-state index in [2.05, 4.69) is 72.2 Å². The molecule has 3 N–H and O–H groups in total. The molecule has 0 bridgehead atoms. The van der Waals surface area contributed by atoms with Gasteiger partial charge in [0.15, 0.2) is 0 Å². The zero-order valence-electron chi connectivity index (χ0n) is 37.5. The normalized spacial score (nSPS) is 11.3. The molecule has 0 saturated carbocycles. The lowest BCUT2D eigenvalue weighted by Crippen LogP contribution is -2.08. The molecule has 10 aromatic rings. The first kappa shape index (κ1) is 55.6. The number of fused-ring (bicyclic) bond motifs is 5. The molecule has 72 heavy (non-hydrogen) atoms. The molecule has 374 valence electrons. The second-order valence-electron chi connectivity index (χ2n) is 15.2. The predicted molar refractivity (Wildman–Crippen MR) is 293 cm³/mol. The molecule has 0 aliphatic rings. The van der Waals surface area contributed by atoms with Gasteiger partial charge in [-0.3, -0.25) is 0 Å². The molecule has 0 spiro atoms. The molecule has 23 heteroatoms. The van der Waals surface area contributed by atoms with Crippen LogP contribution >= 0.6 is 61.1 Å². The Bertz CT molecular complexity index is 4000. The quantitative estimate of drug-likeness (QED) is 0.0684. The molecule has 12 nitrogen and oxygen atoms in total. The van der Waals surface area contributed by atoms with Crippen molar-refractivity contribution in [3.05, 3.63) is 175 Å². The number of hydrogen-bond acceptors (Lipinski definition) is 7. The molecule has 0 fully saturated rings. The average molecular weight is 1330 g/mol. The zero-order valence-corrected chi connectivity index (χ0v) is 45.9. The van der Waals surface area contributed by atoms with Gasteiger partial charge in [0.2, 0.25) is 30.1 Å². The summed E-state index contributed by atoms with van der Waals surface area (Å²) in [4.78, 5) is 6.02. The van der Waals surface area contributed by atoms with Crippen LogP contribution in [0.15, 0.2) is 128 Å². The summed E-state index contributed by atoms with van der Waals surface area (Å²) in [6, 6.07) is 23.0. The molecule has 0 aliphatic carbocycles. The fraction of sp³-hybridized carbons (Fsp3) is 0.102. The number of hydrogen-bond donors (Lipinski definition) is 3. The number of H-pyrrole nitrogens is 2. The Hall–Kier alpha value is -5.68. The largest absolute Gasteiger partial charge is 0.384 e. The van der Waals surface area contributed by atoms with Gasteiger partial charge in [0.25, 0.3) is 0 Å². The minimum atomic E-state index is -3.48. The van der Waals surface area contributed by atoms with Crippen LogP contribution in [0.1, 0.15) is 11.1 Å². The van der Waals surface area contributed by atoms with Crippen LogP contribution in [-0.4, -0.2) is 82.9 Å². The number of aliphatic hydroxyl groups is 1. The van der Waals surface area contributed by atoms with Gasteiger partial charge in [0, 0.05) is 76.1 Å². The molecule has 0 aliphatic heterocycles. The molecule has 0 unspecified atom stereocenters. The van der Waals surface area contributed by atoms with Crippen LogP contribution in [0, 0.1) is 59.9 Å². The van der Waals surface area contributed by atoms with Crippen molar-refractivity contribution in [1.29, 1.82) is 0 Å². The van der Waals surface area contributed by atoms with Crippen LogP contribution in [0.2, 0.25) is 0 Å². The zero-order chi connectivity index (χ0) is 52.7. The molecular weight excluding hydrogens is 1300 g/mol. The highest BCUT2D eigenvalue weighted by atomic mass is 127. The van der Waals surface area contributed by atoms with Crippen LogP contribution < -0.4 is 0 Å². The van der Waals surface area contributed by atoms with E-state index in [4.69, 9.17) is 5.11 Å². The number of nitrogens with zero attached hydrogens (tertiary/aromatic N) is 3. The topological polar surface area (TPSA) is 169 Å². The van der Waals surface area contributed by atoms with Crippen LogP contribution in [0.25, 0.3) is 54.5 Å². The first-order valence-electron chi connectivity index (χ1n) is 20.4. The fourth-order valence-corrected chi connectivity index (χ4v) is 10.9. The number of aromatic nitrogens is 5. The van der Waals surface area contributed by atoms with Gasteiger partial charge in [-0.2, -0.15) is 0 Å². The number of aliphatic hydroxyl groups excluding tert-OH is 1. The van der Waals surface area contributed by atoms with Gasteiger partial charge in [-0.05, 0) is 142 Å². The van der Waals surface area contributed by atoms with E-state index in [0.717, 1.165) is 56.1 Å². The van der Waals surface area contributed by atoms with Gasteiger partial charge in [0.05, 0.1) is 51.8 Å². The Balaban J connectivity index is 0.000000149. The smallest absolute Gasteiger partial charge is 0.236 e. The number of benzene rings is 5. The molecule has 10 rings (SSSR count). The van der Waals surface area contributed by atoms with Crippen LogP contribution in [0.5, 0.6) is 0 Å². The Kier molecular flexibility index (Phi) is 18.1. The van der Waals surface area contributed by atoms with E-state index >= 15 is 0 Å². The number of nitrogens with one attached hydrogen (secondary N) is 2. The van der Waals surface area contributed by atoms with Gasteiger partial charge < -0.3 is 15.1 Å². The summed E-state index contributed by atoms with van der Waals surface area (Å²) in [5, 5.41) is 12.5. The second-order valence-corrected chi connectivity index (χ2v) is 23.6. The molecular formula is C49H37BrF5I2N5O7S3. The SMILES string of the molecule is CS(=O)(=O)n1cc(C#CCBr)c2cc(F)ccc21.CS(=O)(=O)n1cc(C#CCO)c2cc(F)ccc21.CS(=O)(=O)n1cc(I)c2cc(F)ccc21.Fc1ccc2[nH]cc(I)c2c1.Fc1ccc2[nH]ccc2c1. The van der Waals surface area contributed by atoms with E-state index in [1.165, 1.54) is 97.5 Å². The monoisotopic (exact) mass is 1330 g/mol. The van der Waals surface area contributed by atoms with Crippen LogP contribution in [0.4, 0.5) is 22.0 Å². The summed E-state index contributed by atoms with van der Waals surface area (Å²) in [7, 11) is -10.2. The maximum absolute atomic E-state index is 13.2. The lowest BCUT2D eigenvalue weighted by Gasteiger charge is -2.00. The third-order valence-corrected chi connectivity index (χ3v) is 15.0. The number of alkyl halides is 1. The van der Waals surface area contributed by atoms with E-state index in [1.54, 1.807) is 18.3 Å². The average Bonchev–Trinajstić information content (AvgIpc) is 4.15. The number of halogens is 8. The van der Waals surface area contributed by atoms with Crippen molar-refractivity contribution in [1.82, 2.24) is 21.9 Å².